The van der Waals surface area contributed by atoms with Crippen LogP contribution >= 0.6 is 0 Å². The van der Waals surface area contributed by atoms with E-state index in [0.717, 1.165) is 18.6 Å². The molecular weight excluding hydrogens is 166 g/mol. The van der Waals surface area contributed by atoms with Gasteiger partial charge in [-0.3, -0.25) is 4.79 Å². The highest BCUT2D eigenvalue weighted by Gasteiger charge is 2.23. The van der Waals surface area contributed by atoms with Gasteiger partial charge in [-0.05, 0) is 31.0 Å². The molecule has 0 radical (unpaired) electrons. The number of hydrogen-bond donors (Lipinski definition) is 1. The van der Waals surface area contributed by atoms with E-state index in [4.69, 9.17) is 10.5 Å². The third kappa shape index (κ3) is 1.99. The van der Waals surface area contributed by atoms with Crippen molar-refractivity contribution in [2.75, 3.05) is 0 Å². The van der Waals surface area contributed by atoms with Gasteiger partial charge in [0.05, 0.1) is 6.10 Å². The second-order valence-corrected chi connectivity index (χ2v) is 3.21. The Labute approximate surface area is 76.5 Å². The number of ether oxygens (including phenoxy) is 1. The fourth-order valence-corrected chi connectivity index (χ4v) is 1.10. The van der Waals surface area contributed by atoms with Crippen LogP contribution in [0.4, 0.5) is 0 Å². The van der Waals surface area contributed by atoms with E-state index in [-0.39, 0.29) is 0 Å². The topological polar surface area (TPSA) is 52.3 Å². The Hall–Kier alpha value is -1.51. The molecule has 13 heavy (non-hydrogen) atoms. The third-order valence-electron chi connectivity index (χ3n) is 1.95. The highest BCUT2D eigenvalue weighted by atomic mass is 16.5. The zero-order chi connectivity index (χ0) is 9.26. The maximum Gasteiger partial charge on any atom is 0.248 e. The monoisotopic (exact) mass is 177 g/mol. The minimum atomic E-state index is -0.416. The normalized spacial score (nSPS) is 15.4. The molecule has 3 nitrogen and oxygen atoms in total. The van der Waals surface area contributed by atoms with Gasteiger partial charge in [0, 0.05) is 5.56 Å². The quantitative estimate of drug-likeness (QED) is 0.757. The van der Waals surface area contributed by atoms with Crippen molar-refractivity contribution >= 4 is 5.91 Å². The predicted molar refractivity (Wildman–Crippen MR) is 48.6 cm³/mol. The number of primary amides is 1. The first-order valence-electron chi connectivity index (χ1n) is 4.32. The van der Waals surface area contributed by atoms with Crippen LogP contribution in [0.5, 0.6) is 5.75 Å². The molecule has 0 atom stereocenters. The number of carbonyl (C=O) groups is 1. The number of amides is 1. The molecule has 0 spiro atoms. The number of benzene rings is 1. The molecule has 0 unspecified atom stereocenters. The van der Waals surface area contributed by atoms with Crippen LogP contribution in [0, 0.1) is 0 Å². The molecule has 1 aromatic rings. The van der Waals surface area contributed by atoms with Crippen molar-refractivity contribution in [3.8, 4) is 5.75 Å². The number of carbonyl (C=O) groups excluding carboxylic acids is 1. The lowest BCUT2D eigenvalue weighted by Crippen LogP contribution is -2.10. The van der Waals surface area contributed by atoms with Gasteiger partial charge in [-0.25, -0.2) is 0 Å². The van der Waals surface area contributed by atoms with Crippen molar-refractivity contribution in [1.29, 1.82) is 0 Å². The van der Waals surface area contributed by atoms with Crippen LogP contribution in [-0.2, 0) is 0 Å². The summed E-state index contributed by atoms with van der Waals surface area (Å²) in [5, 5.41) is 0. The van der Waals surface area contributed by atoms with Gasteiger partial charge < -0.3 is 10.5 Å². The first-order valence-corrected chi connectivity index (χ1v) is 4.32. The summed E-state index contributed by atoms with van der Waals surface area (Å²) in [6.07, 6.45) is 2.57. The summed E-state index contributed by atoms with van der Waals surface area (Å²) < 4.78 is 5.51. The molecule has 0 aromatic heterocycles. The molecular formula is C10H11NO2. The SMILES string of the molecule is NC(=O)c1cccc(OC2CC2)c1. The summed E-state index contributed by atoms with van der Waals surface area (Å²) in [7, 11) is 0. The molecule has 2 rings (SSSR count). The summed E-state index contributed by atoms with van der Waals surface area (Å²) in [5.74, 6) is 0.319. The van der Waals surface area contributed by atoms with E-state index in [2.05, 4.69) is 0 Å². The van der Waals surface area contributed by atoms with Crippen molar-refractivity contribution in [2.45, 2.75) is 18.9 Å². The highest BCUT2D eigenvalue weighted by molar-refractivity contribution is 5.93. The van der Waals surface area contributed by atoms with Crippen molar-refractivity contribution < 1.29 is 9.53 Å². The van der Waals surface area contributed by atoms with E-state index in [1.807, 2.05) is 6.07 Å². The standard InChI is InChI=1S/C10H11NO2/c11-10(12)7-2-1-3-9(6-7)13-8-4-5-8/h1-3,6,8H,4-5H2,(H2,11,12). The fraction of sp³-hybridized carbons (Fsp3) is 0.300. The van der Waals surface area contributed by atoms with Crippen LogP contribution in [0.3, 0.4) is 0 Å². The molecule has 1 aliphatic carbocycles. The molecule has 0 saturated heterocycles. The van der Waals surface area contributed by atoms with E-state index in [0.29, 0.717) is 11.7 Å². The Balaban J connectivity index is 2.15. The Morgan fingerprint density at radius 1 is 1.46 bits per heavy atom. The summed E-state index contributed by atoms with van der Waals surface area (Å²) in [6.45, 7) is 0. The number of rotatable bonds is 3. The Morgan fingerprint density at radius 3 is 2.85 bits per heavy atom. The maximum absolute atomic E-state index is 10.8. The van der Waals surface area contributed by atoms with Crippen LogP contribution in [0.15, 0.2) is 24.3 Å². The van der Waals surface area contributed by atoms with E-state index in [1.165, 1.54) is 0 Å². The van der Waals surface area contributed by atoms with Gasteiger partial charge in [-0.15, -0.1) is 0 Å². The predicted octanol–water partition coefficient (Wildman–Crippen LogP) is 1.33. The third-order valence-corrected chi connectivity index (χ3v) is 1.95. The molecule has 1 saturated carbocycles. The van der Waals surface area contributed by atoms with Crippen LogP contribution in [0.1, 0.15) is 23.2 Å². The summed E-state index contributed by atoms with van der Waals surface area (Å²) in [4.78, 5) is 10.8. The smallest absolute Gasteiger partial charge is 0.248 e. The molecule has 68 valence electrons. The average Bonchev–Trinajstić information content (AvgIpc) is 2.89. The highest BCUT2D eigenvalue weighted by Crippen LogP contribution is 2.26. The number of nitrogens with two attached hydrogens (primary N) is 1. The molecule has 2 N–H and O–H groups in total. The second-order valence-electron chi connectivity index (χ2n) is 3.21. The van der Waals surface area contributed by atoms with Gasteiger partial charge in [-0.2, -0.15) is 0 Å². The maximum atomic E-state index is 10.8. The van der Waals surface area contributed by atoms with E-state index in [9.17, 15) is 4.79 Å². The fourth-order valence-electron chi connectivity index (χ4n) is 1.10. The van der Waals surface area contributed by atoms with Gasteiger partial charge in [-0.1, -0.05) is 6.07 Å². The Morgan fingerprint density at radius 2 is 2.23 bits per heavy atom. The molecule has 0 heterocycles. The Bertz CT molecular complexity index is 331. The second kappa shape index (κ2) is 3.09. The minimum absolute atomic E-state index is 0.350. The molecule has 0 aliphatic heterocycles. The van der Waals surface area contributed by atoms with Gasteiger partial charge in [0.15, 0.2) is 0 Å². The summed E-state index contributed by atoms with van der Waals surface area (Å²) >= 11 is 0. The lowest BCUT2D eigenvalue weighted by molar-refractivity contribution is 0.1000. The summed E-state index contributed by atoms with van der Waals surface area (Å²) in [6, 6.07) is 6.98. The molecule has 1 amide bonds. The number of hydrogen-bond acceptors (Lipinski definition) is 2. The molecule has 3 heteroatoms. The first-order chi connectivity index (χ1) is 6.25. The average molecular weight is 177 g/mol. The van der Waals surface area contributed by atoms with Gasteiger partial charge >= 0.3 is 0 Å². The lowest BCUT2D eigenvalue weighted by atomic mass is 10.2. The zero-order valence-corrected chi connectivity index (χ0v) is 7.19. The van der Waals surface area contributed by atoms with Crippen LogP contribution in [0.25, 0.3) is 0 Å². The van der Waals surface area contributed by atoms with Crippen molar-refractivity contribution in [2.24, 2.45) is 5.73 Å². The molecule has 1 fully saturated rings. The largest absolute Gasteiger partial charge is 0.490 e. The van der Waals surface area contributed by atoms with Crippen LogP contribution < -0.4 is 10.5 Å². The van der Waals surface area contributed by atoms with Gasteiger partial charge in [0.25, 0.3) is 0 Å². The van der Waals surface area contributed by atoms with E-state index >= 15 is 0 Å². The molecule has 0 bridgehead atoms. The van der Waals surface area contributed by atoms with Crippen molar-refractivity contribution in [1.82, 2.24) is 0 Å². The van der Waals surface area contributed by atoms with Gasteiger partial charge in [0.2, 0.25) is 5.91 Å². The van der Waals surface area contributed by atoms with Crippen molar-refractivity contribution in [3.63, 3.8) is 0 Å². The van der Waals surface area contributed by atoms with E-state index in [1.54, 1.807) is 18.2 Å². The van der Waals surface area contributed by atoms with Gasteiger partial charge in [0.1, 0.15) is 5.75 Å². The first kappa shape index (κ1) is 8.10. The zero-order valence-electron chi connectivity index (χ0n) is 7.19. The molecule has 1 aromatic carbocycles. The summed E-state index contributed by atoms with van der Waals surface area (Å²) in [5.41, 5.74) is 5.63. The van der Waals surface area contributed by atoms with E-state index < -0.39 is 5.91 Å². The Kier molecular flexibility index (Phi) is 1.93. The van der Waals surface area contributed by atoms with Crippen molar-refractivity contribution in [3.05, 3.63) is 29.8 Å². The minimum Gasteiger partial charge on any atom is -0.490 e. The van der Waals surface area contributed by atoms with Crippen LogP contribution in [0.2, 0.25) is 0 Å². The lowest BCUT2D eigenvalue weighted by Gasteiger charge is -2.04. The van der Waals surface area contributed by atoms with Crippen LogP contribution in [-0.4, -0.2) is 12.0 Å². The molecule has 1 aliphatic rings.